The van der Waals surface area contributed by atoms with Gasteiger partial charge in [0.2, 0.25) is 5.91 Å². The fourth-order valence-corrected chi connectivity index (χ4v) is 5.94. The molecule has 2 aromatic heterocycles. The molecule has 3 aromatic rings. The van der Waals surface area contributed by atoms with E-state index in [4.69, 9.17) is 17.3 Å². The monoisotopic (exact) mass is 475 g/mol. The van der Waals surface area contributed by atoms with Crippen molar-refractivity contribution in [3.63, 3.8) is 0 Å². The number of thiophene rings is 1. The van der Waals surface area contributed by atoms with Crippen LogP contribution in [0.3, 0.4) is 0 Å². The Morgan fingerprint density at radius 3 is 2.68 bits per heavy atom. The Morgan fingerprint density at radius 2 is 1.97 bits per heavy atom. The predicted octanol–water partition coefficient (Wildman–Crippen LogP) is 4.39. The summed E-state index contributed by atoms with van der Waals surface area (Å²) in [5.74, 6) is 0.189. The molecule has 162 valence electrons. The molecule has 0 atom stereocenters. The third kappa shape index (κ3) is 4.63. The van der Waals surface area contributed by atoms with Gasteiger partial charge in [0, 0.05) is 22.0 Å². The minimum absolute atomic E-state index is 0.152. The highest BCUT2D eigenvalue weighted by Gasteiger charge is 2.25. The van der Waals surface area contributed by atoms with Crippen LogP contribution in [0.1, 0.15) is 40.6 Å². The first-order valence-corrected chi connectivity index (χ1v) is 12.2. The minimum Gasteiger partial charge on any atom is -0.365 e. The number of thioether (sulfide) groups is 1. The molecule has 7 nitrogen and oxygen atoms in total. The number of nitrogens with two attached hydrogens (primary N) is 1. The average Bonchev–Trinajstić information content (AvgIpc) is 3.33. The van der Waals surface area contributed by atoms with Crippen molar-refractivity contribution in [2.24, 2.45) is 5.73 Å². The number of aryl methyl sites for hydroxylation is 1. The maximum atomic E-state index is 12.6. The highest BCUT2D eigenvalue weighted by Crippen LogP contribution is 2.38. The summed E-state index contributed by atoms with van der Waals surface area (Å²) in [5, 5.41) is 13.3. The zero-order valence-corrected chi connectivity index (χ0v) is 19.4. The van der Waals surface area contributed by atoms with Crippen LogP contribution in [0.25, 0.3) is 11.4 Å². The summed E-state index contributed by atoms with van der Waals surface area (Å²) >= 11 is 8.74. The molecule has 2 amide bonds. The Kier molecular flexibility index (Phi) is 6.64. The van der Waals surface area contributed by atoms with E-state index >= 15 is 0 Å². The van der Waals surface area contributed by atoms with Gasteiger partial charge in [-0.05, 0) is 62.4 Å². The number of carbonyl (C=O) groups is 2. The van der Waals surface area contributed by atoms with Crippen molar-refractivity contribution in [3.8, 4) is 11.4 Å². The molecule has 3 N–H and O–H groups in total. The molecule has 0 spiro atoms. The molecule has 0 radical (unpaired) electrons. The lowest BCUT2D eigenvalue weighted by Crippen LogP contribution is -2.19. The van der Waals surface area contributed by atoms with Crippen molar-refractivity contribution in [2.45, 2.75) is 44.3 Å². The van der Waals surface area contributed by atoms with Crippen LogP contribution < -0.4 is 11.1 Å². The van der Waals surface area contributed by atoms with Gasteiger partial charge in [-0.25, -0.2) is 0 Å². The molecule has 0 saturated heterocycles. The molecule has 0 saturated carbocycles. The molecule has 10 heteroatoms. The highest BCUT2D eigenvalue weighted by molar-refractivity contribution is 7.99. The summed E-state index contributed by atoms with van der Waals surface area (Å²) in [4.78, 5) is 25.8. The number of aromatic nitrogens is 3. The number of amides is 2. The van der Waals surface area contributed by atoms with Crippen LogP contribution in [-0.2, 0) is 24.2 Å². The van der Waals surface area contributed by atoms with Crippen molar-refractivity contribution >= 4 is 51.5 Å². The van der Waals surface area contributed by atoms with Crippen molar-refractivity contribution in [3.05, 3.63) is 45.3 Å². The number of nitrogens with zero attached hydrogens (tertiary/aromatic N) is 3. The van der Waals surface area contributed by atoms with E-state index in [0.717, 1.165) is 47.5 Å². The van der Waals surface area contributed by atoms with Gasteiger partial charge in [-0.15, -0.1) is 21.5 Å². The van der Waals surface area contributed by atoms with Crippen LogP contribution in [0.15, 0.2) is 29.4 Å². The standard InChI is InChI=1S/C21H22ClN5O2S2/c1-2-27-19(12-7-9-13(22)10-8-12)25-26-21(27)30-11-16(28)24-20-17(18(23)29)14-5-3-4-6-15(14)31-20/h7-10H,2-6,11H2,1H3,(H2,23,29)(H,24,28). The van der Waals surface area contributed by atoms with Gasteiger partial charge in [0.25, 0.3) is 5.91 Å². The molecule has 1 aromatic carbocycles. The molecule has 0 aliphatic heterocycles. The van der Waals surface area contributed by atoms with Crippen molar-refractivity contribution in [1.82, 2.24) is 14.8 Å². The van der Waals surface area contributed by atoms with Crippen LogP contribution >= 0.6 is 34.7 Å². The van der Waals surface area contributed by atoms with E-state index in [0.29, 0.717) is 27.3 Å². The maximum absolute atomic E-state index is 12.6. The van der Waals surface area contributed by atoms with Gasteiger partial charge in [-0.2, -0.15) is 0 Å². The first-order chi connectivity index (χ1) is 15.0. The lowest BCUT2D eigenvalue weighted by molar-refractivity contribution is -0.113. The van der Waals surface area contributed by atoms with Gasteiger partial charge in [-0.1, -0.05) is 23.4 Å². The molecule has 4 rings (SSSR count). The van der Waals surface area contributed by atoms with Crippen LogP contribution in [-0.4, -0.2) is 32.3 Å². The van der Waals surface area contributed by atoms with Gasteiger partial charge in [0.15, 0.2) is 11.0 Å². The number of fused-ring (bicyclic) bond motifs is 1. The smallest absolute Gasteiger partial charge is 0.251 e. The van der Waals surface area contributed by atoms with Crippen molar-refractivity contribution in [2.75, 3.05) is 11.1 Å². The number of anilines is 1. The largest absolute Gasteiger partial charge is 0.365 e. The quantitative estimate of drug-likeness (QED) is 0.493. The first kappa shape index (κ1) is 21.9. The molecule has 0 bridgehead atoms. The summed E-state index contributed by atoms with van der Waals surface area (Å²) in [5.41, 5.74) is 7.99. The molecular formula is C21H22ClN5O2S2. The van der Waals surface area contributed by atoms with Gasteiger partial charge in [0.05, 0.1) is 11.3 Å². The van der Waals surface area contributed by atoms with E-state index in [1.165, 1.54) is 23.1 Å². The Labute approximate surface area is 193 Å². The number of primary amides is 1. The molecule has 0 fully saturated rings. The van der Waals surface area contributed by atoms with E-state index < -0.39 is 5.91 Å². The lowest BCUT2D eigenvalue weighted by Gasteiger charge is -2.11. The van der Waals surface area contributed by atoms with Crippen molar-refractivity contribution < 1.29 is 9.59 Å². The Morgan fingerprint density at radius 1 is 1.23 bits per heavy atom. The van der Waals surface area contributed by atoms with E-state index in [1.54, 1.807) is 0 Å². The number of benzene rings is 1. The fourth-order valence-electron chi connectivity index (χ4n) is 3.70. The lowest BCUT2D eigenvalue weighted by atomic mass is 9.95. The van der Waals surface area contributed by atoms with E-state index in [9.17, 15) is 9.59 Å². The number of hydrogen-bond acceptors (Lipinski definition) is 6. The minimum atomic E-state index is -0.485. The normalized spacial score (nSPS) is 13.1. The second-order valence-electron chi connectivity index (χ2n) is 7.17. The number of nitrogens with one attached hydrogen (secondary N) is 1. The predicted molar refractivity (Wildman–Crippen MR) is 125 cm³/mol. The average molecular weight is 476 g/mol. The third-order valence-corrected chi connectivity index (χ3v) is 7.56. The summed E-state index contributed by atoms with van der Waals surface area (Å²) < 4.78 is 1.96. The topological polar surface area (TPSA) is 103 Å². The van der Waals surface area contributed by atoms with Crippen LogP contribution in [0, 0.1) is 0 Å². The zero-order valence-electron chi connectivity index (χ0n) is 17.0. The van der Waals surface area contributed by atoms with Crippen LogP contribution in [0.2, 0.25) is 5.02 Å². The van der Waals surface area contributed by atoms with E-state index in [1.807, 2.05) is 35.8 Å². The zero-order chi connectivity index (χ0) is 22.0. The second-order valence-corrected chi connectivity index (χ2v) is 9.66. The maximum Gasteiger partial charge on any atom is 0.251 e. The summed E-state index contributed by atoms with van der Waals surface area (Å²) in [6, 6.07) is 7.40. The fraction of sp³-hybridized carbons (Fsp3) is 0.333. The summed E-state index contributed by atoms with van der Waals surface area (Å²) in [7, 11) is 0. The SMILES string of the molecule is CCn1c(SCC(=O)Nc2sc3c(c2C(N)=O)CCCC3)nnc1-c1ccc(Cl)cc1. The van der Waals surface area contributed by atoms with Gasteiger partial charge in [0.1, 0.15) is 5.00 Å². The Hall–Kier alpha value is -2.36. The van der Waals surface area contributed by atoms with Crippen LogP contribution in [0.5, 0.6) is 0 Å². The van der Waals surface area contributed by atoms with E-state index in [-0.39, 0.29) is 11.7 Å². The Balaban J connectivity index is 1.47. The summed E-state index contributed by atoms with van der Waals surface area (Å²) in [6.45, 7) is 2.67. The van der Waals surface area contributed by atoms with E-state index in [2.05, 4.69) is 15.5 Å². The molecular weight excluding hydrogens is 454 g/mol. The van der Waals surface area contributed by atoms with Crippen LogP contribution in [0.4, 0.5) is 5.00 Å². The highest BCUT2D eigenvalue weighted by atomic mass is 35.5. The first-order valence-electron chi connectivity index (χ1n) is 10.0. The Bertz CT molecular complexity index is 1120. The molecule has 0 unspecified atom stereocenters. The van der Waals surface area contributed by atoms with Gasteiger partial charge in [-0.3, -0.25) is 9.59 Å². The molecule has 31 heavy (non-hydrogen) atoms. The summed E-state index contributed by atoms with van der Waals surface area (Å²) in [6.07, 6.45) is 3.90. The van der Waals surface area contributed by atoms with Gasteiger partial charge < -0.3 is 15.6 Å². The van der Waals surface area contributed by atoms with Crippen molar-refractivity contribution in [1.29, 1.82) is 0 Å². The second kappa shape index (κ2) is 9.42. The molecule has 1 aliphatic carbocycles. The number of hydrogen-bond donors (Lipinski definition) is 2. The third-order valence-electron chi connectivity index (χ3n) is 5.14. The number of rotatable bonds is 7. The number of carbonyl (C=O) groups excluding carboxylic acids is 2. The number of halogens is 1. The van der Waals surface area contributed by atoms with Gasteiger partial charge >= 0.3 is 0 Å². The molecule has 1 aliphatic rings. The molecule has 2 heterocycles.